The van der Waals surface area contributed by atoms with E-state index in [-0.39, 0.29) is 11.5 Å². The Morgan fingerprint density at radius 2 is 1.86 bits per heavy atom. The normalized spacial score (nSPS) is 11.8. The molecule has 78 valence electrons. The van der Waals surface area contributed by atoms with Gasteiger partial charge in [-0.05, 0) is 26.3 Å². The molecule has 4 heteroatoms. The van der Waals surface area contributed by atoms with Crippen LogP contribution in [-0.2, 0) is 5.54 Å². The van der Waals surface area contributed by atoms with Gasteiger partial charge in [0.25, 0.3) is 0 Å². The topological polar surface area (TPSA) is 66.5 Å². The van der Waals surface area contributed by atoms with Gasteiger partial charge in [-0.2, -0.15) is 0 Å². The third-order valence-corrected chi connectivity index (χ3v) is 2.51. The van der Waals surface area contributed by atoms with Crippen molar-refractivity contribution in [3.8, 4) is 11.5 Å². The van der Waals surface area contributed by atoms with E-state index in [4.69, 9.17) is 17.3 Å². The van der Waals surface area contributed by atoms with Crippen LogP contribution in [-0.4, -0.2) is 10.2 Å². The van der Waals surface area contributed by atoms with Crippen molar-refractivity contribution in [1.82, 2.24) is 0 Å². The highest BCUT2D eigenvalue weighted by Gasteiger charge is 2.24. The van der Waals surface area contributed by atoms with Crippen LogP contribution in [0.15, 0.2) is 6.07 Å². The maximum absolute atomic E-state index is 9.65. The highest BCUT2D eigenvalue weighted by Crippen LogP contribution is 2.40. The second-order valence-corrected chi connectivity index (χ2v) is 4.36. The fourth-order valence-electron chi connectivity index (χ4n) is 1.51. The molecule has 0 spiro atoms. The number of aromatic hydroxyl groups is 2. The molecule has 0 aliphatic heterocycles. The lowest BCUT2D eigenvalue weighted by Crippen LogP contribution is -2.29. The van der Waals surface area contributed by atoms with E-state index in [9.17, 15) is 10.2 Å². The fourth-order valence-corrected chi connectivity index (χ4v) is 1.71. The molecule has 1 rings (SSSR count). The van der Waals surface area contributed by atoms with Gasteiger partial charge in [0.2, 0.25) is 0 Å². The van der Waals surface area contributed by atoms with Gasteiger partial charge < -0.3 is 15.9 Å². The molecule has 0 bridgehead atoms. The molecule has 0 aromatic heterocycles. The minimum Gasteiger partial charge on any atom is -0.504 e. The van der Waals surface area contributed by atoms with Crippen LogP contribution in [0.25, 0.3) is 0 Å². The number of halogens is 1. The van der Waals surface area contributed by atoms with Gasteiger partial charge >= 0.3 is 0 Å². The van der Waals surface area contributed by atoms with E-state index in [0.717, 1.165) is 0 Å². The third-order valence-electron chi connectivity index (χ3n) is 2.12. The SMILES string of the molecule is Cc1c(Cl)cc(O)c(O)c1C(C)(C)N. The number of phenols is 2. The predicted octanol–water partition coefficient (Wildman–Crippen LogP) is 2.25. The van der Waals surface area contributed by atoms with Crippen molar-refractivity contribution < 1.29 is 10.2 Å². The summed E-state index contributed by atoms with van der Waals surface area (Å²) in [5.74, 6) is -0.437. The van der Waals surface area contributed by atoms with Crippen LogP contribution < -0.4 is 5.73 Å². The van der Waals surface area contributed by atoms with Crippen LogP contribution >= 0.6 is 11.6 Å². The van der Waals surface area contributed by atoms with E-state index >= 15 is 0 Å². The van der Waals surface area contributed by atoms with Gasteiger partial charge in [0, 0.05) is 22.2 Å². The Labute approximate surface area is 88.1 Å². The maximum Gasteiger partial charge on any atom is 0.162 e. The van der Waals surface area contributed by atoms with Crippen molar-refractivity contribution in [1.29, 1.82) is 0 Å². The number of rotatable bonds is 1. The lowest BCUT2D eigenvalue weighted by Gasteiger charge is -2.24. The molecule has 0 radical (unpaired) electrons. The Morgan fingerprint density at radius 1 is 1.36 bits per heavy atom. The molecule has 1 aromatic carbocycles. The Morgan fingerprint density at radius 3 is 2.29 bits per heavy atom. The molecule has 3 nitrogen and oxygen atoms in total. The maximum atomic E-state index is 9.65. The van der Waals surface area contributed by atoms with E-state index in [1.807, 2.05) is 0 Å². The standard InChI is InChI=1S/C10H14ClNO2/c1-5-6(11)4-7(13)9(14)8(5)10(2,3)12/h4,13-14H,12H2,1-3H3. The fraction of sp³-hybridized carbons (Fsp3) is 0.400. The predicted molar refractivity (Wildman–Crippen MR) is 56.7 cm³/mol. The Balaban J connectivity index is 3.56. The summed E-state index contributed by atoms with van der Waals surface area (Å²) in [6.45, 7) is 5.24. The van der Waals surface area contributed by atoms with Gasteiger partial charge in [0.15, 0.2) is 11.5 Å². The van der Waals surface area contributed by atoms with Crippen molar-refractivity contribution in [3.05, 3.63) is 22.2 Å². The molecule has 1 aromatic rings. The summed E-state index contributed by atoms with van der Waals surface area (Å²) in [6, 6.07) is 1.31. The molecule has 0 aliphatic carbocycles. The summed E-state index contributed by atoms with van der Waals surface area (Å²) in [7, 11) is 0. The average molecular weight is 216 g/mol. The van der Waals surface area contributed by atoms with Crippen molar-refractivity contribution in [2.75, 3.05) is 0 Å². The Bertz CT molecular complexity index is 343. The van der Waals surface area contributed by atoms with Gasteiger partial charge in [-0.3, -0.25) is 0 Å². The number of benzene rings is 1. The number of phenolic OH excluding ortho intramolecular Hbond substituents is 2. The summed E-state index contributed by atoms with van der Waals surface area (Å²) >= 11 is 5.87. The summed E-state index contributed by atoms with van der Waals surface area (Å²) in [6.07, 6.45) is 0. The first-order valence-corrected chi connectivity index (χ1v) is 4.63. The molecule has 0 heterocycles. The van der Waals surface area contributed by atoms with Crippen molar-refractivity contribution in [3.63, 3.8) is 0 Å². The molecule has 0 saturated heterocycles. The monoisotopic (exact) mass is 215 g/mol. The van der Waals surface area contributed by atoms with Crippen LogP contribution in [0, 0.1) is 6.92 Å². The average Bonchev–Trinajstić information content (AvgIpc) is 1.98. The lowest BCUT2D eigenvalue weighted by atomic mass is 9.90. The van der Waals surface area contributed by atoms with Crippen LogP contribution in [0.4, 0.5) is 0 Å². The van der Waals surface area contributed by atoms with Crippen LogP contribution in [0.5, 0.6) is 11.5 Å². The van der Waals surface area contributed by atoms with Gasteiger partial charge in [0.05, 0.1) is 0 Å². The number of hydrogen-bond acceptors (Lipinski definition) is 3. The summed E-state index contributed by atoms with van der Waals surface area (Å²) in [4.78, 5) is 0. The second kappa shape index (κ2) is 3.33. The van der Waals surface area contributed by atoms with Crippen LogP contribution in [0.3, 0.4) is 0 Å². The molecular formula is C10H14ClNO2. The minimum absolute atomic E-state index is 0.195. The van der Waals surface area contributed by atoms with E-state index in [1.54, 1.807) is 20.8 Å². The van der Waals surface area contributed by atoms with Crippen LogP contribution in [0.2, 0.25) is 5.02 Å². The largest absolute Gasteiger partial charge is 0.504 e. The first-order chi connectivity index (χ1) is 6.25. The Kier molecular flexibility index (Phi) is 2.65. The highest BCUT2D eigenvalue weighted by molar-refractivity contribution is 6.31. The molecule has 0 amide bonds. The highest BCUT2D eigenvalue weighted by atomic mass is 35.5. The zero-order chi connectivity index (χ0) is 11.1. The van der Waals surface area contributed by atoms with Gasteiger partial charge in [-0.25, -0.2) is 0 Å². The first-order valence-electron chi connectivity index (χ1n) is 4.25. The summed E-state index contributed by atoms with van der Waals surface area (Å²) < 4.78 is 0. The van der Waals surface area contributed by atoms with Crippen molar-refractivity contribution in [2.24, 2.45) is 5.73 Å². The van der Waals surface area contributed by atoms with Crippen LogP contribution in [0.1, 0.15) is 25.0 Å². The molecule has 0 atom stereocenters. The minimum atomic E-state index is -0.740. The van der Waals surface area contributed by atoms with Gasteiger partial charge in [0.1, 0.15) is 0 Å². The van der Waals surface area contributed by atoms with Crippen molar-refractivity contribution >= 4 is 11.6 Å². The van der Waals surface area contributed by atoms with Gasteiger partial charge in [-0.1, -0.05) is 11.6 Å². The third kappa shape index (κ3) is 1.79. The van der Waals surface area contributed by atoms with Gasteiger partial charge in [-0.15, -0.1) is 0 Å². The molecule has 14 heavy (non-hydrogen) atoms. The van der Waals surface area contributed by atoms with E-state index in [1.165, 1.54) is 6.07 Å². The van der Waals surface area contributed by atoms with E-state index in [0.29, 0.717) is 16.1 Å². The van der Waals surface area contributed by atoms with E-state index < -0.39 is 5.54 Å². The molecule has 0 fully saturated rings. The smallest absolute Gasteiger partial charge is 0.162 e. The molecular weight excluding hydrogens is 202 g/mol. The zero-order valence-corrected chi connectivity index (χ0v) is 9.18. The quantitative estimate of drug-likeness (QED) is 0.630. The molecule has 0 aliphatic rings. The van der Waals surface area contributed by atoms with E-state index in [2.05, 4.69) is 0 Å². The molecule has 0 saturated carbocycles. The lowest BCUT2D eigenvalue weighted by molar-refractivity contribution is 0.385. The number of hydrogen-bond donors (Lipinski definition) is 3. The molecule has 4 N–H and O–H groups in total. The number of nitrogens with two attached hydrogens (primary N) is 1. The summed E-state index contributed by atoms with van der Waals surface area (Å²) in [5.41, 5.74) is 6.29. The first kappa shape index (κ1) is 11.1. The Hall–Kier alpha value is -0.930. The molecule has 0 unspecified atom stereocenters. The van der Waals surface area contributed by atoms with Crippen molar-refractivity contribution in [2.45, 2.75) is 26.3 Å². The summed E-state index contributed by atoms with van der Waals surface area (Å²) in [5, 5.41) is 19.4. The second-order valence-electron chi connectivity index (χ2n) is 3.95. The zero-order valence-electron chi connectivity index (χ0n) is 8.43.